The predicted molar refractivity (Wildman–Crippen MR) is 87.4 cm³/mol. The first-order valence-electron chi connectivity index (χ1n) is 7.29. The van der Waals surface area contributed by atoms with Crippen molar-refractivity contribution in [1.82, 2.24) is 10.1 Å². The lowest BCUT2D eigenvalue weighted by atomic mass is 10.0. The summed E-state index contributed by atoms with van der Waals surface area (Å²) < 4.78 is 18.6. The minimum atomic E-state index is -0.330. The molecule has 0 aliphatic rings. The van der Waals surface area contributed by atoms with E-state index in [0.717, 1.165) is 10.9 Å². The Hall–Kier alpha value is -3.01. The molecule has 3 aromatic carbocycles. The van der Waals surface area contributed by atoms with Gasteiger partial charge in [0.1, 0.15) is 5.82 Å². The molecule has 0 atom stereocenters. The minimum Gasteiger partial charge on any atom is -0.334 e. The molecule has 0 N–H and O–H groups in total. The molecule has 0 radical (unpaired) electrons. The number of hydrogen-bond donors (Lipinski definition) is 0. The van der Waals surface area contributed by atoms with Gasteiger partial charge in [-0.25, -0.2) is 4.39 Å². The van der Waals surface area contributed by atoms with Gasteiger partial charge in [-0.2, -0.15) is 4.98 Å². The maximum absolute atomic E-state index is 13.3. The summed E-state index contributed by atoms with van der Waals surface area (Å²) in [5.74, 6) is 0.471. The fourth-order valence-electron chi connectivity index (χ4n) is 2.58. The van der Waals surface area contributed by atoms with Crippen LogP contribution < -0.4 is 0 Å². The molecule has 4 rings (SSSR count). The molecule has 0 aliphatic heterocycles. The Bertz CT molecular complexity index is 1010. The first-order chi connectivity index (χ1) is 11.2. The highest BCUT2D eigenvalue weighted by atomic mass is 19.1. The van der Waals surface area contributed by atoms with Crippen LogP contribution in [-0.4, -0.2) is 10.1 Å². The summed E-state index contributed by atoms with van der Waals surface area (Å²) in [5.41, 5.74) is 2.66. The highest BCUT2D eigenvalue weighted by molar-refractivity contribution is 5.87. The molecule has 1 aromatic heterocycles. The Labute approximate surface area is 132 Å². The number of nitrogens with zero attached hydrogens (tertiary/aromatic N) is 2. The summed E-state index contributed by atoms with van der Waals surface area (Å²) >= 11 is 0. The van der Waals surface area contributed by atoms with Gasteiger partial charge in [-0.3, -0.25) is 0 Å². The maximum Gasteiger partial charge on any atom is 0.258 e. The van der Waals surface area contributed by atoms with E-state index in [1.807, 2.05) is 18.2 Å². The third-order valence-electron chi connectivity index (χ3n) is 3.75. The SMILES string of the molecule is Cc1ccc2cc(-c3noc(-c4cccc(F)c4)n3)ccc2c1. The first kappa shape index (κ1) is 13.6. The molecule has 0 unspecified atom stereocenters. The van der Waals surface area contributed by atoms with Gasteiger partial charge in [0.25, 0.3) is 5.89 Å². The van der Waals surface area contributed by atoms with E-state index in [2.05, 4.69) is 35.3 Å². The number of halogens is 1. The van der Waals surface area contributed by atoms with Crippen LogP contribution in [0.25, 0.3) is 33.6 Å². The van der Waals surface area contributed by atoms with Crippen LogP contribution in [-0.2, 0) is 0 Å². The average molecular weight is 304 g/mol. The van der Waals surface area contributed by atoms with Crippen molar-refractivity contribution < 1.29 is 8.91 Å². The van der Waals surface area contributed by atoms with Crippen molar-refractivity contribution in [2.45, 2.75) is 6.92 Å². The number of hydrogen-bond acceptors (Lipinski definition) is 3. The lowest BCUT2D eigenvalue weighted by Crippen LogP contribution is -1.83. The van der Waals surface area contributed by atoms with Gasteiger partial charge in [-0.15, -0.1) is 0 Å². The highest BCUT2D eigenvalue weighted by Gasteiger charge is 2.11. The normalized spacial score (nSPS) is 11.0. The standard InChI is InChI=1S/C19H13FN2O/c1-12-5-6-14-10-15(8-7-13(14)9-12)18-21-19(23-22-18)16-3-2-4-17(20)11-16/h2-11H,1H3. The molecule has 0 saturated carbocycles. The third-order valence-corrected chi connectivity index (χ3v) is 3.75. The van der Waals surface area contributed by atoms with Gasteiger partial charge in [0.15, 0.2) is 0 Å². The van der Waals surface area contributed by atoms with E-state index in [0.29, 0.717) is 17.3 Å². The van der Waals surface area contributed by atoms with Crippen molar-refractivity contribution in [2.75, 3.05) is 0 Å². The van der Waals surface area contributed by atoms with Gasteiger partial charge >= 0.3 is 0 Å². The number of fused-ring (bicyclic) bond motifs is 1. The second kappa shape index (κ2) is 5.32. The zero-order valence-electron chi connectivity index (χ0n) is 12.5. The lowest BCUT2D eigenvalue weighted by Gasteiger charge is -2.01. The fourth-order valence-corrected chi connectivity index (χ4v) is 2.58. The molecule has 4 aromatic rings. The number of aryl methyl sites for hydroxylation is 1. The van der Waals surface area contributed by atoms with Crippen molar-refractivity contribution in [3.05, 3.63) is 72.0 Å². The largest absolute Gasteiger partial charge is 0.334 e. The molecule has 112 valence electrons. The van der Waals surface area contributed by atoms with Gasteiger partial charge in [0.05, 0.1) is 0 Å². The predicted octanol–water partition coefficient (Wildman–Crippen LogP) is 5.00. The Morgan fingerprint density at radius 2 is 1.70 bits per heavy atom. The molecular formula is C19H13FN2O. The number of rotatable bonds is 2. The van der Waals surface area contributed by atoms with Crippen LogP contribution in [0, 0.1) is 12.7 Å². The first-order valence-corrected chi connectivity index (χ1v) is 7.29. The van der Waals surface area contributed by atoms with Crippen molar-refractivity contribution in [3.63, 3.8) is 0 Å². The van der Waals surface area contributed by atoms with E-state index in [1.165, 1.54) is 23.1 Å². The van der Waals surface area contributed by atoms with Crippen LogP contribution in [0.4, 0.5) is 4.39 Å². The Balaban J connectivity index is 1.75. The van der Waals surface area contributed by atoms with Gasteiger partial charge < -0.3 is 4.52 Å². The van der Waals surface area contributed by atoms with E-state index in [4.69, 9.17) is 4.52 Å². The summed E-state index contributed by atoms with van der Waals surface area (Å²) in [6.07, 6.45) is 0. The lowest BCUT2D eigenvalue weighted by molar-refractivity contribution is 0.432. The minimum absolute atomic E-state index is 0.309. The van der Waals surface area contributed by atoms with Crippen molar-refractivity contribution >= 4 is 10.8 Å². The summed E-state index contributed by atoms with van der Waals surface area (Å²) in [4.78, 5) is 4.37. The quantitative estimate of drug-likeness (QED) is 0.523. The van der Waals surface area contributed by atoms with Gasteiger partial charge in [-0.05, 0) is 42.0 Å². The van der Waals surface area contributed by atoms with Crippen LogP contribution in [0.5, 0.6) is 0 Å². The summed E-state index contributed by atoms with van der Waals surface area (Å²) in [5, 5.41) is 6.29. The van der Waals surface area contributed by atoms with Crippen molar-refractivity contribution in [3.8, 4) is 22.8 Å². The van der Waals surface area contributed by atoms with Crippen LogP contribution >= 0.6 is 0 Å². The topological polar surface area (TPSA) is 38.9 Å². The molecule has 23 heavy (non-hydrogen) atoms. The molecule has 0 fully saturated rings. The Kier molecular flexibility index (Phi) is 3.15. The zero-order valence-corrected chi connectivity index (χ0v) is 12.5. The second-order valence-electron chi connectivity index (χ2n) is 5.50. The Morgan fingerprint density at radius 3 is 2.57 bits per heavy atom. The molecule has 0 aliphatic carbocycles. The molecule has 3 nitrogen and oxygen atoms in total. The van der Waals surface area contributed by atoms with Gasteiger partial charge in [0, 0.05) is 11.1 Å². The van der Waals surface area contributed by atoms with Crippen LogP contribution in [0.2, 0.25) is 0 Å². The molecule has 1 heterocycles. The van der Waals surface area contributed by atoms with Gasteiger partial charge in [0.2, 0.25) is 5.82 Å². The summed E-state index contributed by atoms with van der Waals surface area (Å²) in [6, 6.07) is 18.4. The van der Waals surface area contributed by atoms with Crippen LogP contribution in [0.3, 0.4) is 0 Å². The smallest absolute Gasteiger partial charge is 0.258 e. The van der Waals surface area contributed by atoms with Crippen molar-refractivity contribution in [2.24, 2.45) is 0 Å². The summed E-state index contributed by atoms with van der Waals surface area (Å²) in [7, 11) is 0. The number of benzene rings is 3. The average Bonchev–Trinajstić information content (AvgIpc) is 3.04. The fraction of sp³-hybridized carbons (Fsp3) is 0.0526. The third kappa shape index (κ3) is 2.59. The van der Waals surface area contributed by atoms with E-state index in [9.17, 15) is 4.39 Å². The number of aromatic nitrogens is 2. The van der Waals surface area contributed by atoms with E-state index < -0.39 is 0 Å². The molecule has 4 heteroatoms. The maximum atomic E-state index is 13.3. The molecular weight excluding hydrogens is 291 g/mol. The monoisotopic (exact) mass is 304 g/mol. The molecule has 0 amide bonds. The Morgan fingerprint density at radius 1 is 0.870 bits per heavy atom. The van der Waals surface area contributed by atoms with Crippen LogP contribution in [0.15, 0.2) is 65.2 Å². The van der Waals surface area contributed by atoms with Crippen molar-refractivity contribution in [1.29, 1.82) is 0 Å². The molecule has 0 spiro atoms. The highest BCUT2D eigenvalue weighted by Crippen LogP contribution is 2.26. The van der Waals surface area contributed by atoms with E-state index >= 15 is 0 Å². The summed E-state index contributed by atoms with van der Waals surface area (Å²) in [6.45, 7) is 2.07. The second-order valence-corrected chi connectivity index (χ2v) is 5.50. The zero-order chi connectivity index (χ0) is 15.8. The van der Waals surface area contributed by atoms with Gasteiger partial charge in [-0.1, -0.05) is 47.1 Å². The van der Waals surface area contributed by atoms with E-state index in [1.54, 1.807) is 12.1 Å². The molecule has 0 bridgehead atoms. The van der Waals surface area contributed by atoms with Crippen LogP contribution in [0.1, 0.15) is 5.56 Å². The molecule has 0 saturated heterocycles. The van der Waals surface area contributed by atoms with E-state index in [-0.39, 0.29) is 5.82 Å².